The van der Waals surface area contributed by atoms with Crippen molar-refractivity contribution in [1.82, 2.24) is 0 Å². The van der Waals surface area contributed by atoms with Gasteiger partial charge in [0.25, 0.3) is 0 Å². The van der Waals surface area contributed by atoms with Gasteiger partial charge in [-0.2, -0.15) is 0 Å². The third kappa shape index (κ3) is 4.49. The molecule has 0 aliphatic carbocycles. The number of hydrogen-bond acceptors (Lipinski definition) is 2. The molecular weight excluding hydrogens is 200 g/mol. The van der Waals surface area contributed by atoms with Crippen molar-refractivity contribution in [3.05, 3.63) is 42.5 Å². The molecule has 0 radical (unpaired) electrons. The van der Waals surface area contributed by atoms with E-state index in [9.17, 15) is 5.11 Å². The fraction of sp³-hybridized carbons (Fsp3) is 0.429. The molecule has 2 heteroatoms. The minimum absolute atomic E-state index is 0.240. The topological polar surface area (TPSA) is 29.5 Å². The molecule has 0 aromatic heterocycles. The predicted octanol–water partition coefficient (Wildman–Crippen LogP) is 2.95. The first kappa shape index (κ1) is 12.8. The summed E-state index contributed by atoms with van der Waals surface area (Å²) in [7, 11) is 1.67. The van der Waals surface area contributed by atoms with E-state index >= 15 is 0 Å². The number of aliphatic hydroxyl groups excluding tert-OH is 1. The van der Waals surface area contributed by atoms with Crippen molar-refractivity contribution in [1.29, 1.82) is 0 Å². The van der Waals surface area contributed by atoms with E-state index < -0.39 is 0 Å². The van der Waals surface area contributed by atoms with Gasteiger partial charge in [-0.3, -0.25) is 0 Å². The Balaban J connectivity index is 2.28. The van der Waals surface area contributed by atoms with Gasteiger partial charge in [0, 0.05) is 0 Å². The van der Waals surface area contributed by atoms with Gasteiger partial charge in [-0.15, -0.1) is 6.58 Å². The maximum atomic E-state index is 9.52. The smallest absolute Gasteiger partial charge is 0.118 e. The summed E-state index contributed by atoms with van der Waals surface area (Å²) < 4.78 is 5.09. The molecule has 1 aromatic carbocycles. The van der Waals surface area contributed by atoms with Crippen molar-refractivity contribution in [3.63, 3.8) is 0 Å². The standard InChI is InChI=1S/C14H20O2/c1-3-5-13(15)7-4-6-12-8-10-14(16-2)11-9-12/h3,8-11,13,15H,1,4-7H2,2H3/t13-/m0/s1. The summed E-state index contributed by atoms with van der Waals surface area (Å²) in [5, 5.41) is 9.52. The Morgan fingerprint density at radius 1 is 1.38 bits per heavy atom. The van der Waals surface area contributed by atoms with Gasteiger partial charge in [0.15, 0.2) is 0 Å². The number of ether oxygens (including phenoxy) is 1. The molecule has 0 amide bonds. The number of aliphatic hydroxyl groups is 1. The first-order valence-electron chi connectivity index (χ1n) is 5.68. The van der Waals surface area contributed by atoms with Gasteiger partial charge in [0.1, 0.15) is 5.75 Å². The molecule has 0 fully saturated rings. The summed E-state index contributed by atoms with van der Waals surface area (Å²) in [6.07, 6.45) is 5.04. The van der Waals surface area contributed by atoms with E-state index in [2.05, 4.69) is 18.7 Å². The van der Waals surface area contributed by atoms with Gasteiger partial charge >= 0.3 is 0 Å². The summed E-state index contributed by atoms with van der Waals surface area (Å²) in [6, 6.07) is 8.07. The molecule has 0 unspecified atom stereocenters. The fourth-order valence-electron chi connectivity index (χ4n) is 1.64. The molecule has 0 saturated heterocycles. The number of benzene rings is 1. The third-order valence-corrected chi connectivity index (χ3v) is 2.60. The Morgan fingerprint density at radius 2 is 2.06 bits per heavy atom. The minimum atomic E-state index is -0.240. The molecule has 0 heterocycles. The number of aryl methyl sites for hydroxylation is 1. The molecule has 0 aliphatic rings. The van der Waals surface area contributed by atoms with Gasteiger partial charge in [0.2, 0.25) is 0 Å². The van der Waals surface area contributed by atoms with Crippen LogP contribution in [0.3, 0.4) is 0 Å². The van der Waals surface area contributed by atoms with Crippen LogP contribution in [-0.2, 0) is 6.42 Å². The lowest BCUT2D eigenvalue weighted by atomic mass is 10.0. The van der Waals surface area contributed by atoms with Crippen LogP contribution in [0.15, 0.2) is 36.9 Å². The monoisotopic (exact) mass is 220 g/mol. The maximum Gasteiger partial charge on any atom is 0.118 e. The van der Waals surface area contributed by atoms with Crippen LogP contribution < -0.4 is 4.74 Å². The summed E-state index contributed by atoms with van der Waals surface area (Å²) in [6.45, 7) is 3.61. The fourth-order valence-corrected chi connectivity index (χ4v) is 1.64. The molecule has 1 N–H and O–H groups in total. The van der Waals surface area contributed by atoms with Crippen LogP contribution in [0.4, 0.5) is 0 Å². The normalized spacial score (nSPS) is 12.1. The quantitative estimate of drug-likeness (QED) is 0.716. The van der Waals surface area contributed by atoms with Crippen LogP contribution in [0.2, 0.25) is 0 Å². The molecule has 88 valence electrons. The van der Waals surface area contributed by atoms with Crippen LogP contribution in [0.25, 0.3) is 0 Å². The van der Waals surface area contributed by atoms with Gasteiger partial charge in [-0.1, -0.05) is 18.2 Å². The first-order valence-corrected chi connectivity index (χ1v) is 5.68. The van der Waals surface area contributed by atoms with E-state index in [1.54, 1.807) is 13.2 Å². The average molecular weight is 220 g/mol. The second-order valence-corrected chi connectivity index (χ2v) is 3.92. The zero-order chi connectivity index (χ0) is 11.8. The van der Waals surface area contributed by atoms with Crippen molar-refractivity contribution in [3.8, 4) is 5.75 Å². The maximum absolute atomic E-state index is 9.52. The zero-order valence-electron chi connectivity index (χ0n) is 9.86. The Bertz CT molecular complexity index is 303. The van der Waals surface area contributed by atoms with E-state index in [1.807, 2.05) is 12.1 Å². The van der Waals surface area contributed by atoms with Crippen LogP contribution >= 0.6 is 0 Å². The molecule has 1 atom stereocenters. The zero-order valence-corrected chi connectivity index (χ0v) is 9.86. The van der Waals surface area contributed by atoms with E-state index in [1.165, 1.54) is 5.56 Å². The van der Waals surface area contributed by atoms with Gasteiger partial charge < -0.3 is 9.84 Å². The van der Waals surface area contributed by atoms with Crippen LogP contribution in [0.5, 0.6) is 5.75 Å². The number of rotatable bonds is 7. The Hall–Kier alpha value is -1.28. The molecular formula is C14H20O2. The highest BCUT2D eigenvalue weighted by molar-refractivity contribution is 5.27. The molecule has 16 heavy (non-hydrogen) atoms. The van der Waals surface area contributed by atoms with Crippen molar-refractivity contribution in [2.45, 2.75) is 31.8 Å². The predicted molar refractivity (Wildman–Crippen MR) is 66.8 cm³/mol. The molecule has 0 aliphatic heterocycles. The van der Waals surface area contributed by atoms with Crippen LogP contribution in [0.1, 0.15) is 24.8 Å². The van der Waals surface area contributed by atoms with Crippen LogP contribution in [0, 0.1) is 0 Å². The lowest BCUT2D eigenvalue weighted by Gasteiger charge is -2.07. The Morgan fingerprint density at radius 3 is 2.62 bits per heavy atom. The second kappa shape index (κ2) is 7.07. The first-order chi connectivity index (χ1) is 7.76. The van der Waals surface area contributed by atoms with E-state index in [4.69, 9.17) is 4.74 Å². The molecule has 0 spiro atoms. The van der Waals surface area contributed by atoms with Gasteiger partial charge in [-0.05, 0) is 43.4 Å². The number of methoxy groups -OCH3 is 1. The summed E-state index contributed by atoms with van der Waals surface area (Å²) in [5.74, 6) is 0.885. The van der Waals surface area contributed by atoms with E-state index in [0.29, 0.717) is 6.42 Å². The van der Waals surface area contributed by atoms with Crippen molar-refractivity contribution in [2.24, 2.45) is 0 Å². The average Bonchev–Trinajstić information content (AvgIpc) is 2.30. The molecule has 1 aromatic rings. The van der Waals surface area contributed by atoms with Gasteiger partial charge in [0.05, 0.1) is 13.2 Å². The van der Waals surface area contributed by atoms with Crippen molar-refractivity contribution < 1.29 is 9.84 Å². The van der Waals surface area contributed by atoms with Crippen LogP contribution in [-0.4, -0.2) is 18.3 Å². The van der Waals surface area contributed by atoms with Crippen molar-refractivity contribution >= 4 is 0 Å². The van der Waals surface area contributed by atoms with Gasteiger partial charge in [-0.25, -0.2) is 0 Å². The molecule has 1 rings (SSSR count). The SMILES string of the molecule is C=CC[C@H](O)CCCc1ccc(OC)cc1. The Labute approximate surface area is 97.6 Å². The number of hydrogen-bond donors (Lipinski definition) is 1. The highest BCUT2D eigenvalue weighted by atomic mass is 16.5. The van der Waals surface area contributed by atoms with E-state index in [0.717, 1.165) is 25.0 Å². The van der Waals surface area contributed by atoms with E-state index in [-0.39, 0.29) is 6.10 Å². The lowest BCUT2D eigenvalue weighted by Crippen LogP contribution is -2.04. The lowest BCUT2D eigenvalue weighted by molar-refractivity contribution is 0.165. The highest BCUT2D eigenvalue weighted by Gasteiger charge is 2.01. The highest BCUT2D eigenvalue weighted by Crippen LogP contribution is 2.14. The van der Waals surface area contributed by atoms with Crippen molar-refractivity contribution in [2.75, 3.05) is 7.11 Å². The second-order valence-electron chi connectivity index (χ2n) is 3.92. The summed E-state index contributed by atoms with van der Waals surface area (Å²) >= 11 is 0. The minimum Gasteiger partial charge on any atom is -0.497 e. The Kier molecular flexibility index (Phi) is 5.65. The molecule has 0 bridgehead atoms. The third-order valence-electron chi connectivity index (χ3n) is 2.60. The largest absolute Gasteiger partial charge is 0.497 e. The summed E-state index contributed by atoms with van der Waals surface area (Å²) in [4.78, 5) is 0. The molecule has 2 nitrogen and oxygen atoms in total. The molecule has 0 saturated carbocycles. The summed E-state index contributed by atoms with van der Waals surface area (Å²) in [5.41, 5.74) is 1.28.